The molecule has 1 nitrogen and oxygen atoms in total. The zero-order chi connectivity index (χ0) is 9.84. The van der Waals surface area contributed by atoms with Gasteiger partial charge in [0.05, 0.1) is 0 Å². The zero-order valence-electron chi connectivity index (χ0n) is 7.31. The molecule has 0 saturated carbocycles. The first-order chi connectivity index (χ1) is 6.19. The fourth-order valence-corrected chi connectivity index (χ4v) is 1.29. The Morgan fingerprint density at radius 2 is 2.23 bits per heavy atom. The van der Waals surface area contributed by atoms with Crippen molar-refractivity contribution in [2.24, 2.45) is 0 Å². The lowest BCUT2D eigenvalue weighted by molar-refractivity contribution is 0.0986. The van der Waals surface area contributed by atoms with Crippen LogP contribution in [0.25, 0.3) is 0 Å². The first-order valence-corrected chi connectivity index (χ1v) is 4.44. The Morgan fingerprint density at radius 3 is 2.77 bits per heavy atom. The van der Waals surface area contributed by atoms with Crippen molar-refractivity contribution in [1.82, 2.24) is 0 Å². The third-order valence-electron chi connectivity index (χ3n) is 1.84. The number of rotatable bonds is 3. The van der Waals surface area contributed by atoms with Crippen LogP contribution in [-0.2, 0) is 6.67 Å². The van der Waals surface area contributed by atoms with Gasteiger partial charge < -0.3 is 0 Å². The van der Waals surface area contributed by atoms with E-state index in [1.165, 1.54) is 6.07 Å². The van der Waals surface area contributed by atoms with E-state index in [2.05, 4.69) is 0 Å². The Morgan fingerprint density at radius 1 is 1.54 bits per heavy atom. The summed E-state index contributed by atoms with van der Waals surface area (Å²) in [5, 5.41) is 0.467. The van der Waals surface area contributed by atoms with Crippen molar-refractivity contribution in [3.05, 3.63) is 34.3 Å². The summed E-state index contributed by atoms with van der Waals surface area (Å²) in [5.74, 6) is -0.0739. The summed E-state index contributed by atoms with van der Waals surface area (Å²) >= 11 is 5.70. The average Bonchev–Trinajstić information content (AvgIpc) is 2.16. The van der Waals surface area contributed by atoms with Crippen LogP contribution in [0.1, 0.15) is 29.3 Å². The Balaban J connectivity index is 3.15. The number of Topliss-reactive ketones (excluding diaryl/α,β-unsaturated/α-hetero) is 1. The van der Waals surface area contributed by atoms with Gasteiger partial charge in [-0.05, 0) is 17.7 Å². The van der Waals surface area contributed by atoms with Crippen LogP contribution in [0.4, 0.5) is 4.39 Å². The molecule has 13 heavy (non-hydrogen) atoms. The molecule has 70 valence electrons. The minimum Gasteiger partial charge on any atom is -0.294 e. The van der Waals surface area contributed by atoms with Crippen molar-refractivity contribution in [2.45, 2.75) is 20.0 Å². The quantitative estimate of drug-likeness (QED) is 0.684. The molecule has 0 bridgehead atoms. The SMILES string of the molecule is CCC(=O)c1cc(Cl)ccc1CF. The number of carbonyl (C=O) groups is 1. The van der Waals surface area contributed by atoms with Gasteiger partial charge in [0.2, 0.25) is 0 Å². The third kappa shape index (κ3) is 2.28. The monoisotopic (exact) mass is 200 g/mol. The molecule has 0 unspecified atom stereocenters. The lowest BCUT2D eigenvalue weighted by atomic mass is 10.0. The van der Waals surface area contributed by atoms with Crippen molar-refractivity contribution >= 4 is 17.4 Å². The molecule has 0 heterocycles. The molecule has 0 amide bonds. The maximum Gasteiger partial charge on any atom is 0.163 e. The predicted octanol–water partition coefficient (Wildman–Crippen LogP) is 3.40. The highest BCUT2D eigenvalue weighted by atomic mass is 35.5. The van der Waals surface area contributed by atoms with Gasteiger partial charge in [0.25, 0.3) is 0 Å². The van der Waals surface area contributed by atoms with E-state index in [9.17, 15) is 9.18 Å². The molecule has 0 aliphatic heterocycles. The van der Waals surface area contributed by atoms with Crippen LogP contribution < -0.4 is 0 Å². The van der Waals surface area contributed by atoms with Crippen LogP contribution in [-0.4, -0.2) is 5.78 Å². The molecular weight excluding hydrogens is 191 g/mol. The Labute approximate surface area is 81.5 Å². The highest BCUT2D eigenvalue weighted by Crippen LogP contribution is 2.18. The number of ketones is 1. The van der Waals surface area contributed by atoms with Crippen molar-refractivity contribution in [3.8, 4) is 0 Å². The maximum absolute atomic E-state index is 12.4. The van der Waals surface area contributed by atoms with Gasteiger partial charge in [-0.2, -0.15) is 0 Å². The fourth-order valence-electron chi connectivity index (χ4n) is 1.12. The van der Waals surface area contributed by atoms with Crippen molar-refractivity contribution < 1.29 is 9.18 Å². The van der Waals surface area contributed by atoms with Crippen molar-refractivity contribution in [1.29, 1.82) is 0 Å². The number of hydrogen-bond acceptors (Lipinski definition) is 1. The number of alkyl halides is 1. The lowest BCUT2D eigenvalue weighted by Crippen LogP contribution is -2.01. The number of carbonyl (C=O) groups excluding carboxylic acids is 1. The number of benzene rings is 1. The smallest absolute Gasteiger partial charge is 0.163 e. The van der Waals surface area contributed by atoms with E-state index < -0.39 is 6.67 Å². The summed E-state index contributed by atoms with van der Waals surface area (Å²) in [5.41, 5.74) is 0.814. The average molecular weight is 201 g/mol. The molecular formula is C10H10ClFO. The topological polar surface area (TPSA) is 17.1 Å². The molecule has 1 aromatic rings. The summed E-state index contributed by atoms with van der Waals surface area (Å²) in [6, 6.07) is 4.65. The molecule has 0 fully saturated rings. The van der Waals surface area contributed by atoms with Gasteiger partial charge in [-0.3, -0.25) is 4.79 Å². The van der Waals surface area contributed by atoms with E-state index >= 15 is 0 Å². The number of halogens is 2. The largest absolute Gasteiger partial charge is 0.294 e. The normalized spacial score (nSPS) is 10.1. The molecule has 1 rings (SSSR count). The Bertz CT molecular complexity index is 323. The summed E-state index contributed by atoms with van der Waals surface area (Å²) in [4.78, 5) is 11.3. The summed E-state index contributed by atoms with van der Waals surface area (Å²) < 4.78 is 12.4. The van der Waals surface area contributed by atoms with E-state index in [-0.39, 0.29) is 5.78 Å². The van der Waals surface area contributed by atoms with E-state index in [4.69, 9.17) is 11.6 Å². The van der Waals surface area contributed by atoms with Crippen LogP contribution in [0.2, 0.25) is 5.02 Å². The second-order valence-corrected chi connectivity index (χ2v) is 3.15. The Kier molecular flexibility index (Phi) is 3.43. The van der Waals surface area contributed by atoms with Crippen LogP contribution >= 0.6 is 11.6 Å². The molecule has 0 aromatic heterocycles. The van der Waals surface area contributed by atoms with Gasteiger partial charge in [-0.1, -0.05) is 24.6 Å². The van der Waals surface area contributed by atoms with Crippen LogP contribution in [0.15, 0.2) is 18.2 Å². The molecule has 0 aliphatic rings. The number of hydrogen-bond donors (Lipinski definition) is 0. The lowest BCUT2D eigenvalue weighted by Gasteiger charge is -2.04. The van der Waals surface area contributed by atoms with Gasteiger partial charge in [-0.25, -0.2) is 4.39 Å². The van der Waals surface area contributed by atoms with Gasteiger partial charge in [-0.15, -0.1) is 0 Å². The third-order valence-corrected chi connectivity index (χ3v) is 2.07. The molecule has 0 atom stereocenters. The maximum atomic E-state index is 12.4. The first-order valence-electron chi connectivity index (χ1n) is 4.06. The predicted molar refractivity (Wildman–Crippen MR) is 50.9 cm³/mol. The van der Waals surface area contributed by atoms with E-state index in [1.807, 2.05) is 0 Å². The van der Waals surface area contributed by atoms with Crippen LogP contribution in [0.3, 0.4) is 0 Å². The second-order valence-electron chi connectivity index (χ2n) is 2.71. The fraction of sp³-hybridized carbons (Fsp3) is 0.300. The van der Waals surface area contributed by atoms with Gasteiger partial charge >= 0.3 is 0 Å². The summed E-state index contributed by atoms with van der Waals surface area (Å²) in [6.45, 7) is 1.11. The van der Waals surface area contributed by atoms with E-state index in [0.29, 0.717) is 22.6 Å². The van der Waals surface area contributed by atoms with E-state index in [1.54, 1.807) is 19.1 Å². The first kappa shape index (κ1) is 10.2. The molecule has 1 aromatic carbocycles. The molecule has 3 heteroatoms. The molecule has 0 spiro atoms. The van der Waals surface area contributed by atoms with Crippen LogP contribution in [0, 0.1) is 0 Å². The standard InChI is InChI=1S/C10H10ClFO/c1-2-10(13)9-5-8(11)4-3-7(9)6-12/h3-5H,2,6H2,1H3. The Hall–Kier alpha value is -0.890. The van der Waals surface area contributed by atoms with Gasteiger partial charge in [0.15, 0.2) is 5.78 Å². The van der Waals surface area contributed by atoms with Crippen LogP contribution in [0.5, 0.6) is 0 Å². The van der Waals surface area contributed by atoms with Gasteiger partial charge in [0, 0.05) is 17.0 Å². The minimum absolute atomic E-state index is 0.0739. The second kappa shape index (κ2) is 4.38. The highest BCUT2D eigenvalue weighted by Gasteiger charge is 2.09. The molecule has 0 saturated heterocycles. The zero-order valence-corrected chi connectivity index (χ0v) is 8.07. The van der Waals surface area contributed by atoms with Crippen molar-refractivity contribution in [2.75, 3.05) is 0 Å². The summed E-state index contributed by atoms with van der Waals surface area (Å²) in [6.07, 6.45) is 0.368. The minimum atomic E-state index is -0.627. The van der Waals surface area contributed by atoms with E-state index in [0.717, 1.165) is 0 Å². The molecule has 0 aliphatic carbocycles. The van der Waals surface area contributed by atoms with Gasteiger partial charge in [0.1, 0.15) is 6.67 Å². The molecule has 0 N–H and O–H groups in total. The summed E-state index contributed by atoms with van der Waals surface area (Å²) in [7, 11) is 0. The molecule has 0 radical (unpaired) electrons. The van der Waals surface area contributed by atoms with Crippen molar-refractivity contribution in [3.63, 3.8) is 0 Å². The highest BCUT2D eigenvalue weighted by molar-refractivity contribution is 6.31.